The lowest BCUT2D eigenvalue weighted by Crippen LogP contribution is -2.49. The molecule has 9 nitrogen and oxygen atoms in total. The molecule has 146 valence electrons. The molecule has 2 amide bonds. The first-order valence-corrected chi connectivity index (χ1v) is 9.00. The van der Waals surface area contributed by atoms with Gasteiger partial charge in [-0.3, -0.25) is 19.8 Å². The molecule has 0 unspecified atom stereocenters. The molecule has 0 bridgehead atoms. The van der Waals surface area contributed by atoms with E-state index in [1.54, 1.807) is 13.0 Å². The number of hydrogen-bond acceptors (Lipinski definition) is 6. The lowest BCUT2D eigenvalue weighted by molar-refractivity contribution is -0.136. The van der Waals surface area contributed by atoms with E-state index < -0.39 is 11.8 Å². The van der Waals surface area contributed by atoms with Crippen LogP contribution in [0.15, 0.2) is 28.9 Å². The zero-order valence-electron chi connectivity index (χ0n) is 15.9. The quantitative estimate of drug-likeness (QED) is 0.734. The number of carbonyl (C=O) groups excluding carboxylic acids is 2. The van der Waals surface area contributed by atoms with Gasteiger partial charge in [0.2, 0.25) is 0 Å². The van der Waals surface area contributed by atoms with Crippen LogP contribution in [-0.2, 0) is 16.6 Å². The molecule has 0 radical (unpaired) electrons. The number of carbonyl (C=O) groups is 2. The Bertz CT molecular complexity index is 791. The highest BCUT2D eigenvalue weighted by molar-refractivity contribution is 6.39. The fourth-order valence-electron chi connectivity index (χ4n) is 3.24. The summed E-state index contributed by atoms with van der Waals surface area (Å²) in [5.74, 6) is -0.661. The van der Waals surface area contributed by atoms with Crippen molar-refractivity contribution >= 4 is 17.6 Å². The van der Waals surface area contributed by atoms with Crippen LogP contribution < -0.4 is 10.6 Å². The average Bonchev–Trinajstić information content (AvgIpc) is 3.25. The predicted octanol–water partition coefficient (Wildman–Crippen LogP) is 0.365. The Kier molecular flexibility index (Phi) is 5.92. The van der Waals surface area contributed by atoms with Crippen molar-refractivity contribution in [1.82, 2.24) is 24.8 Å². The molecule has 1 aliphatic heterocycles. The maximum Gasteiger partial charge on any atom is 0.314 e. The van der Waals surface area contributed by atoms with E-state index in [2.05, 4.69) is 32.6 Å². The summed E-state index contributed by atoms with van der Waals surface area (Å²) in [4.78, 5) is 28.9. The van der Waals surface area contributed by atoms with E-state index in [0.29, 0.717) is 12.3 Å². The number of aryl methyl sites for hydroxylation is 2. The van der Waals surface area contributed by atoms with Crippen molar-refractivity contribution < 1.29 is 14.1 Å². The Hall–Kier alpha value is -2.65. The van der Waals surface area contributed by atoms with E-state index >= 15 is 0 Å². The molecule has 27 heavy (non-hydrogen) atoms. The maximum absolute atomic E-state index is 12.2. The molecule has 2 aromatic rings. The van der Waals surface area contributed by atoms with Gasteiger partial charge in [0, 0.05) is 57.7 Å². The fourth-order valence-corrected chi connectivity index (χ4v) is 3.24. The van der Waals surface area contributed by atoms with Crippen molar-refractivity contribution in [1.29, 1.82) is 0 Å². The van der Waals surface area contributed by atoms with Crippen LogP contribution in [0.25, 0.3) is 0 Å². The minimum Gasteiger partial charge on any atom is -0.360 e. The van der Waals surface area contributed by atoms with E-state index in [-0.39, 0.29) is 11.9 Å². The van der Waals surface area contributed by atoms with Crippen LogP contribution in [0.5, 0.6) is 0 Å². The van der Waals surface area contributed by atoms with Gasteiger partial charge in [0.05, 0.1) is 6.04 Å². The highest BCUT2D eigenvalue weighted by Gasteiger charge is 2.27. The number of nitrogens with zero attached hydrogens (tertiary/aromatic N) is 4. The van der Waals surface area contributed by atoms with Gasteiger partial charge in [-0.1, -0.05) is 5.16 Å². The molecule has 1 fully saturated rings. The number of nitrogens with one attached hydrogen (secondary N) is 2. The smallest absolute Gasteiger partial charge is 0.314 e. The largest absolute Gasteiger partial charge is 0.360 e. The third-order valence-corrected chi connectivity index (χ3v) is 4.84. The summed E-state index contributed by atoms with van der Waals surface area (Å²) in [6.07, 6.45) is 1.99. The molecule has 2 N–H and O–H groups in total. The number of hydrogen-bond donors (Lipinski definition) is 2. The van der Waals surface area contributed by atoms with E-state index in [1.807, 2.05) is 29.9 Å². The van der Waals surface area contributed by atoms with Crippen LogP contribution in [-0.4, -0.2) is 71.1 Å². The molecule has 9 heteroatoms. The van der Waals surface area contributed by atoms with Crippen LogP contribution in [0.1, 0.15) is 17.5 Å². The Morgan fingerprint density at radius 3 is 2.56 bits per heavy atom. The van der Waals surface area contributed by atoms with Crippen molar-refractivity contribution in [2.75, 3.05) is 45.1 Å². The van der Waals surface area contributed by atoms with Gasteiger partial charge in [-0.15, -0.1) is 0 Å². The normalized spacial score (nSPS) is 16.9. The molecular weight excluding hydrogens is 348 g/mol. The minimum absolute atomic E-state index is 0.00439. The number of rotatable bonds is 5. The molecule has 1 atom stereocenters. The first-order valence-electron chi connectivity index (χ1n) is 9.00. The molecule has 1 aliphatic rings. The van der Waals surface area contributed by atoms with Crippen molar-refractivity contribution in [3.8, 4) is 0 Å². The summed E-state index contributed by atoms with van der Waals surface area (Å²) in [7, 11) is 4.09. The summed E-state index contributed by atoms with van der Waals surface area (Å²) in [6, 6.07) is 5.60. The molecule has 0 saturated carbocycles. The Morgan fingerprint density at radius 2 is 1.96 bits per heavy atom. The minimum atomic E-state index is -0.757. The van der Waals surface area contributed by atoms with E-state index in [9.17, 15) is 9.59 Å². The van der Waals surface area contributed by atoms with Gasteiger partial charge in [0.25, 0.3) is 0 Å². The van der Waals surface area contributed by atoms with E-state index in [0.717, 1.165) is 31.9 Å². The van der Waals surface area contributed by atoms with Gasteiger partial charge >= 0.3 is 11.8 Å². The lowest BCUT2D eigenvalue weighted by atomic mass is 10.1. The SMILES string of the molecule is Cc1cc(NC(=O)C(=O)NC[C@H](c2cccn2C)N2CCN(C)CC2)no1. The molecule has 3 rings (SSSR count). The van der Waals surface area contributed by atoms with Crippen LogP contribution in [0.3, 0.4) is 0 Å². The summed E-state index contributed by atoms with van der Waals surface area (Å²) >= 11 is 0. The maximum atomic E-state index is 12.2. The Balaban J connectivity index is 1.62. The average molecular weight is 374 g/mol. The molecule has 0 aliphatic carbocycles. The molecule has 1 saturated heterocycles. The van der Waals surface area contributed by atoms with Gasteiger partial charge < -0.3 is 19.3 Å². The standard InChI is InChI=1S/C18H26N6O3/c1-13-11-16(21-27-13)20-18(26)17(25)19-12-15(14-5-4-6-23(14)3)24-9-7-22(2)8-10-24/h4-6,11,15H,7-10,12H2,1-3H3,(H,19,25)(H,20,21,26)/t15-/m1/s1. The van der Waals surface area contributed by atoms with Crippen molar-refractivity contribution in [2.24, 2.45) is 7.05 Å². The highest BCUT2D eigenvalue weighted by Crippen LogP contribution is 2.21. The van der Waals surface area contributed by atoms with Crippen molar-refractivity contribution in [2.45, 2.75) is 13.0 Å². The lowest BCUT2D eigenvalue weighted by Gasteiger charge is -2.38. The zero-order valence-corrected chi connectivity index (χ0v) is 15.9. The van der Waals surface area contributed by atoms with Gasteiger partial charge in [-0.05, 0) is 26.1 Å². The third kappa shape index (κ3) is 4.75. The molecule has 3 heterocycles. The van der Waals surface area contributed by atoms with Crippen LogP contribution in [0, 0.1) is 6.92 Å². The van der Waals surface area contributed by atoms with Crippen LogP contribution in [0.4, 0.5) is 5.82 Å². The Morgan fingerprint density at radius 1 is 1.22 bits per heavy atom. The summed E-state index contributed by atoms with van der Waals surface area (Å²) in [5.41, 5.74) is 1.10. The topological polar surface area (TPSA) is 95.6 Å². The van der Waals surface area contributed by atoms with E-state index in [4.69, 9.17) is 4.52 Å². The summed E-state index contributed by atoms with van der Waals surface area (Å²) in [5, 5.41) is 8.86. The number of amides is 2. The van der Waals surface area contributed by atoms with Gasteiger partial charge in [0.1, 0.15) is 5.76 Å². The molecule has 0 aromatic carbocycles. The van der Waals surface area contributed by atoms with Crippen molar-refractivity contribution in [3.05, 3.63) is 35.9 Å². The van der Waals surface area contributed by atoms with Gasteiger partial charge in [-0.2, -0.15) is 0 Å². The third-order valence-electron chi connectivity index (χ3n) is 4.84. The van der Waals surface area contributed by atoms with Crippen LogP contribution in [0.2, 0.25) is 0 Å². The highest BCUT2D eigenvalue weighted by atomic mass is 16.5. The zero-order chi connectivity index (χ0) is 19.4. The molecule has 0 spiro atoms. The first-order chi connectivity index (χ1) is 12.9. The second-order valence-electron chi connectivity index (χ2n) is 6.89. The van der Waals surface area contributed by atoms with Gasteiger partial charge in [0.15, 0.2) is 5.82 Å². The summed E-state index contributed by atoms with van der Waals surface area (Å²) in [6.45, 7) is 5.83. The molecular formula is C18H26N6O3. The number of likely N-dealkylation sites (N-methyl/N-ethyl adjacent to an activating group) is 1. The second kappa shape index (κ2) is 8.36. The number of piperazine rings is 1. The predicted molar refractivity (Wildman–Crippen MR) is 100 cm³/mol. The van der Waals surface area contributed by atoms with Crippen LogP contribution >= 0.6 is 0 Å². The number of aromatic nitrogens is 2. The fraction of sp³-hybridized carbons (Fsp3) is 0.500. The molecule has 2 aromatic heterocycles. The van der Waals surface area contributed by atoms with E-state index in [1.165, 1.54) is 0 Å². The summed E-state index contributed by atoms with van der Waals surface area (Å²) < 4.78 is 6.93. The Labute approximate surface area is 158 Å². The first kappa shape index (κ1) is 19.1. The second-order valence-corrected chi connectivity index (χ2v) is 6.89. The monoisotopic (exact) mass is 374 g/mol. The number of anilines is 1. The van der Waals surface area contributed by atoms with Gasteiger partial charge in [-0.25, -0.2) is 0 Å². The van der Waals surface area contributed by atoms with Crippen molar-refractivity contribution in [3.63, 3.8) is 0 Å².